The van der Waals surface area contributed by atoms with E-state index < -0.39 is 11.8 Å². The Morgan fingerprint density at radius 2 is 1.76 bits per heavy atom. The second kappa shape index (κ2) is 10.2. The zero-order valence-corrected chi connectivity index (χ0v) is 21.0. The molecule has 2 aliphatic heterocycles. The monoisotopic (exact) mass is 503 g/mol. The third kappa shape index (κ3) is 4.98. The van der Waals surface area contributed by atoms with Crippen molar-refractivity contribution in [3.63, 3.8) is 0 Å². The Balaban J connectivity index is 1.56. The summed E-state index contributed by atoms with van der Waals surface area (Å²) in [4.78, 5) is 15.3. The lowest BCUT2D eigenvalue weighted by Crippen LogP contribution is -2.29. The number of carbonyl (C=O) groups is 1. The van der Waals surface area contributed by atoms with Crippen molar-refractivity contribution in [1.82, 2.24) is 4.90 Å². The topological polar surface area (TPSA) is 86.7 Å². The fraction of sp³-hybridized carbons (Fsp3) is 0.276. The first-order chi connectivity index (χ1) is 17.9. The molecule has 0 bridgehead atoms. The van der Waals surface area contributed by atoms with E-state index in [1.807, 2.05) is 43.3 Å². The molecule has 1 N–H and O–H groups in total. The molecule has 5 rings (SSSR count). The normalized spacial score (nSPS) is 18.4. The van der Waals surface area contributed by atoms with E-state index in [1.165, 1.54) is 0 Å². The van der Waals surface area contributed by atoms with Gasteiger partial charge in [-0.2, -0.15) is 0 Å². The number of fused-ring (bicyclic) bond motifs is 1. The van der Waals surface area contributed by atoms with Crippen LogP contribution < -0.4 is 18.9 Å². The maximum Gasteiger partial charge on any atom is 0.342 e. The van der Waals surface area contributed by atoms with Crippen molar-refractivity contribution in [2.45, 2.75) is 12.2 Å². The molecule has 0 saturated heterocycles. The second-order valence-electron chi connectivity index (χ2n) is 9.16. The van der Waals surface area contributed by atoms with E-state index >= 15 is 0 Å². The van der Waals surface area contributed by atoms with Crippen LogP contribution >= 0.6 is 0 Å². The maximum atomic E-state index is 13.3. The molecule has 0 fully saturated rings. The van der Waals surface area contributed by atoms with E-state index in [4.69, 9.17) is 23.7 Å². The van der Waals surface area contributed by atoms with Crippen molar-refractivity contribution in [3.05, 3.63) is 89.0 Å². The van der Waals surface area contributed by atoms with Gasteiger partial charge >= 0.3 is 5.97 Å². The van der Waals surface area contributed by atoms with E-state index in [-0.39, 0.29) is 18.8 Å². The number of nitrogens with zero attached hydrogens (tertiary/aromatic N) is 1. The van der Waals surface area contributed by atoms with E-state index in [1.54, 1.807) is 49.6 Å². The molecular weight excluding hydrogens is 474 g/mol. The number of hydrogen-bond acceptors (Lipinski definition) is 8. The molecule has 0 amide bonds. The first-order valence-corrected chi connectivity index (χ1v) is 12.0. The molecule has 192 valence electrons. The maximum absolute atomic E-state index is 13.3. The van der Waals surface area contributed by atoms with Gasteiger partial charge in [-0.25, -0.2) is 4.79 Å². The largest absolute Gasteiger partial charge is 0.497 e. The van der Waals surface area contributed by atoms with E-state index in [9.17, 15) is 9.90 Å². The molecule has 1 atom stereocenters. The molecule has 0 saturated carbocycles. The number of carbonyl (C=O) groups excluding carboxylic acids is 1. The summed E-state index contributed by atoms with van der Waals surface area (Å²) in [7, 11) is 5.54. The number of methoxy groups -OCH3 is 1. The summed E-state index contributed by atoms with van der Waals surface area (Å²) in [5.74, 6) is -0.107. The van der Waals surface area contributed by atoms with Gasteiger partial charge in [0.25, 0.3) is 5.79 Å². The van der Waals surface area contributed by atoms with E-state index in [2.05, 4.69) is 0 Å². The second-order valence-corrected chi connectivity index (χ2v) is 9.16. The number of benzene rings is 3. The van der Waals surface area contributed by atoms with Gasteiger partial charge in [0.05, 0.1) is 12.7 Å². The van der Waals surface area contributed by atoms with Gasteiger partial charge in [-0.05, 0) is 73.8 Å². The Morgan fingerprint density at radius 3 is 2.51 bits per heavy atom. The Labute approximate surface area is 215 Å². The van der Waals surface area contributed by atoms with Gasteiger partial charge in [-0.3, -0.25) is 0 Å². The predicted molar refractivity (Wildman–Crippen MR) is 137 cm³/mol. The molecule has 0 radical (unpaired) electrons. The molecule has 2 heterocycles. The fourth-order valence-electron chi connectivity index (χ4n) is 4.44. The van der Waals surface area contributed by atoms with Crippen molar-refractivity contribution in [1.29, 1.82) is 0 Å². The standard InChI is InChI=1S/C29H29NO7/c1-30(2)13-14-34-23-6-4-5-19(15-23)16-24-27(20-7-12-25-26(17-20)36-18-35-25)28(31)37-29(24,32)21-8-10-22(33-3)11-9-21/h4-12,15,17,32H,13-14,16,18H2,1-3H3. The van der Waals surface area contributed by atoms with E-state index in [0.717, 1.165) is 12.1 Å². The highest BCUT2D eigenvalue weighted by Gasteiger charge is 2.48. The minimum Gasteiger partial charge on any atom is -0.497 e. The van der Waals surface area contributed by atoms with Gasteiger partial charge in [0.15, 0.2) is 11.5 Å². The van der Waals surface area contributed by atoms with Crippen LogP contribution in [0.1, 0.15) is 16.7 Å². The molecular formula is C29H29NO7. The quantitative estimate of drug-likeness (QED) is 0.442. The minimum absolute atomic E-state index is 0.117. The third-order valence-corrected chi connectivity index (χ3v) is 6.38. The van der Waals surface area contributed by atoms with Crippen molar-refractivity contribution in [2.75, 3.05) is 41.1 Å². The molecule has 0 aliphatic carbocycles. The average molecular weight is 504 g/mol. The highest BCUT2D eigenvalue weighted by atomic mass is 16.7. The summed E-state index contributed by atoms with van der Waals surface area (Å²) < 4.78 is 27.8. The SMILES string of the molecule is COc1ccc(C2(O)OC(=O)C(c3ccc4c(c3)OCO4)=C2Cc2cccc(OCCN(C)C)c2)cc1. The highest BCUT2D eigenvalue weighted by molar-refractivity contribution is 6.20. The number of cyclic esters (lactones) is 1. The van der Waals surface area contributed by atoms with Crippen LogP contribution in [0.15, 0.2) is 72.3 Å². The van der Waals surface area contributed by atoms with Crippen LogP contribution in [0, 0.1) is 0 Å². The summed E-state index contributed by atoms with van der Waals surface area (Å²) in [5.41, 5.74) is 2.57. The van der Waals surface area contributed by atoms with Crippen LogP contribution in [0.2, 0.25) is 0 Å². The van der Waals surface area contributed by atoms with Gasteiger partial charge in [-0.15, -0.1) is 0 Å². The minimum atomic E-state index is -1.96. The lowest BCUT2D eigenvalue weighted by atomic mass is 9.88. The number of rotatable bonds is 9. The van der Waals surface area contributed by atoms with Crippen LogP contribution in [-0.4, -0.2) is 57.1 Å². The Morgan fingerprint density at radius 1 is 0.973 bits per heavy atom. The number of ether oxygens (including phenoxy) is 5. The van der Waals surface area contributed by atoms with Gasteiger partial charge in [0.2, 0.25) is 6.79 Å². The van der Waals surface area contributed by atoms with Crippen LogP contribution in [0.25, 0.3) is 5.57 Å². The zero-order chi connectivity index (χ0) is 26.0. The number of likely N-dealkylation sites (N-methyl/N-ethyl adjacent to an activating group) is 1. The summed E-state index contributed by atoms with van der Waals surface area (Å²) in [6.07, 6.45) is 0.253. The lowest BCUT2D eigenvalue weighted by Gasteiger charge is -2.26. The molecule has 8 nitrogen and oxygen atoms in total. The van der Waals surface area contributed by atoms with Crippen LogP contribution in [0.3, 0.4) is 0 Å². The fourth-order valence-corrected chi connectivity index (χ4v) is 4.44. The predicted octanol–water partition coefficient (Wildman–Crippen LogP) is 3.76. The molecule has 3 aromatic rings. The third-order valence-electron chi connectivity index (χ3n) is 6.38. The molecule has 0 spiro atoms. The summed E-state index contributed by atoms with van der Waals surface area (Å²) in [6.45, 7) is 1.44. The first kappa shape index (κ1) is 24.7. The molecule has 1 unspecified atom stereocenters. The first-order valence-electron chi connectivity index (χ1n) is 12.0. The zero-order valence-electron chi connectivity index (χ0n) is 21.0. The Hall–Kier alpha value is -4.01. The van der Waals surface area contributed by atoms with Gasteiger partial charge < -0.3 is 33.7 Å². The number of hydrogen-bond donors (Lipinski definition) is 1. The van der Waals surface area contributed by atoms with Crippen LogP contribution in [0.4, 0.5) is 0 Å². The smallest absolute Gasteiger partial charge is 0.342 e. The van der Waals surface area contributed by atoms with Gasteiger partial charge in [0.1, 0.15) is 18.1 Å². The molecule has 2 aliphatic rings. The molecule has 0 aromatic heterocycles. The summed E-state index contributed by atoms with van der Waals surface area (Å²) in [5, 5.41) is 11.9. The Bertz CT molecular complexity index is 1330. The van der Waals surface area contributed by atoms with Gasteiger partial charge in [0, 0.05) is 24.1 Å². The van der Waals surface area contributed by atoms with Crippen LogP contribution in [-0.2, 0) is 21.7 Å². The van der Waals surface area contributed by atoms with Crippen molar-refractivity contribution < 1.29 is 33.6 Å². The van der Waals surface area contributed by atoms with Crippen LogP contribution in [0.5, 0.6) is 23.0 Å². The number of esters is 1. The van der Waals surface area contributed by atoms with Gasteiger partial charge in [-0.1, -0.05) is 18.2 Å². The highest BCUT2D eigenvalue weighted by Crippen LogP contribution is 2.46. The summed E-state index contributed by atoms with van der Waals surface area (Å²) >= 11 is 0. The molecule has 37 heavy (non-hydrogen) atoms. The van der Waals surface area contributed by atoms with Crippen molar-refractivity contribution in [2.24, 2.45) is 0 Å². The number of aliphatic hydroxyl groups is 1. The molecule has 3 aromatic carbocycles. The van der Waals surface area contributed by atoms with Crippen molar-refractivity contribution >= 4 is 11.5 Å². The molecule has 8 heteroatoms. The average Bonchev–Trinajstić information content (AvgIpc) is 3.46. The van der Waals surface area contributed by atoms with E-state index in [0.29, 0.717) is 46.3 Å². The Kier molecular flexibility index (Phi) is 6.78. The van der Waals surface area contributed by atoms with Crippen molar-refractivity contribution in [3.8, 4) is 23.0 Å². The lowest BCUT2D eigenvalue weighted by molar-refractivity contribution is -0.185. The summed E-state index contributed by atoms with van der Waals surface area (Å²) in [6, 6.07) is 19.7.